The Kier molecular flexibility index (Phi) is 6.02. The molecular weight excluding hydrogens is 382 g/mol. The van der Waals surface area contributed by atoms with Gasteiger partial charge in [-0.2, -0.15) is 0 Å². The van der Waals surface area contributed by atoms with E-state index in [0.717, 1.165) is 55.1 Å². The summed E-state index contributed by atoms with van der Waals surface area (Å²) in [5.41, 5.74) is 10.8. The quantitative estimate of drug-likeness (QED) is 0.478. The minimum atomic E-state index is -0.417. The summed E-state index contributed by atoms with van der Waals surface area (Å²) in [4.78, 5) is 15.0. The van der Waals surface area contributed by atoms with Gasteiger partial charge in [0.15, 0.2) is 0 Å². The maximum absolute atomic E-state index is 11.8. The molecule has 4 nitrogen and oxygen atoms in total. The van der Waals surface area contributed by atoms with Crippen molar-refractivity contribution >= 4 is 34.0 Å². The molecule has 0 saturated heterocycles. The summed E-state index contributed by atoms with van der Waals surface area (Å²) in [5.74, 6) is -0.417. The number of halogens is 1. The first-order valence-corrected chi connectivity index (χ1v) is 10.6. The van der Waals surface area contributed by atoms with Gasteiger partial charge in [-0.25, -0.2) is 0 Å². The number of nitrogens with one attached hydrogen (secondary N) is 2. The van der Waals surface area contributed by atoms with E-state index in [1.54, 1.807) is 12.1 Å². The molecule has 2 heterocycles. The average molecular weight is 408 g/mol. The molecule has 0 spiro atoms. The fourth-order valence-corrected chi connectivity index (χ4v) is 4.47. The summed E-state index contributed by atoms with van der Waals surface area (Å²) < 4.78 is 0. The SMILES string of the molecule is NC(=O)c1ccc(Cl)c2[nH]cc(CCCCC3CC(c4ccccc4)=CCN3)c12. The molecular formula is C24H26ClN3O. The van der Waals surface area contributed by atoms with Crippen LogP contribution in [-0.2, 0) is 6.42 Å². The van der Waals surface area contributed by atoms with E-state index < -0.39 is 5.91 Å². The Bertz CT molecular complexity index is 1040. The smallest absolute Gasteiger partial charge is 0.249 e. The molecule has 2 aromatic carbocycles. The van der Waals surface area contributed by atoms with E-state index in [9.17, 15) is 4.79 Å². The van der Waals surface area contributed by atoms with Crippen molar-refractivity contribution in [2.75, 3.05) is 6.54 Å². The Morgan fingerprint density at radius 2 is 1.97 bits per heavy atom. The van der Waals surface area contributed by atoms with Crippen LogP contribution in [0.1, 0.15) is 47.2 Å². The third kappa shape index (κ3) is 4.39. The Hall–Kier alpha value is -2.56. The summed E-state index contributed by atoms with van der Waals surface area (Å²) in [6.45, 7) is 0.928. The van der Waals surface area contributed by atoms with Gasteiger partial charge in [0.1, 0.15) is 0 Å². The van der Waals surface area contributed by atoms with Crippen molar-refractivity contribution in [1.82, 2.24) is 10.3 Å². The molecule has 0 fully saturated rings. The summed E-state index contributed by atoms with van der Waals surface area (Å²) in [6, 6.07) is 14.6. The lowest BCUT2D eigenvalue weighted by Gasteiger charge is -2.24. The molecule has 0 radical (unpaired) electrons. The number of aromatic nitrogens is 1. The number of carbonyl (C=O) groups is 1. The third-order valence-corrected chi connectivity index (χ3v) is 6.06. The molecule has 1 aromatic heterocycles. The van der Waals surface area contributed by atoms with E-state index in [2.05, 4.69) is 46.7 Å². The molecule has 150 valence electrons. The highest BCUT2D eigenvalue weighted by Crippen LogP contribution is 2.30. The van der Waals surface area contributed by atoms with Crippen LogP contribution in [-0.4, -0.2) is 23.5 Å². The highest BCUT2D eigenvalue weighted by atomic mass is 35.5. The first-order valence-electron chi connectivity index (χ1n) is 10.2. The second-order valence-electron chi connectivity index (χ2n) is 7.67. The van der Waals surface area contributed by atoms with E-state index in [1.165, 1.54) is 11.1 Å². The van der Waals surface area contributed by atoms with Gasteiger partial charge in [-0.1, -0.05) is 54.4 Å². The maximum atomic E-state index is 11.8. The summed E-state index contributed by atoms with van der Waals surface area (Å²) >= 11 is 6.28. The minimum Gasteiger partial charge on any atom is -0.366 e. The van der Waals surface area contributed by atoms with Gasteiger partial charge in [-0.3, -0.25) is 4.79 Å². The highest BCUT2D eigenvalue weighted by Gasteiger charge is 2.17. The lowest BCUT2D eigenvalue weighted by atomic mass is 9.92. The average Bonchev–Trinajstić information content (AvgIpc) is 3.17. The van der Waals surface area contributed by atoms with E-state index >= 15 is 0 Å². The van der Waals surface area contributed by atoms with Gasteiger partial charge in [0.05, 0.1) is 10.5 Å². The number of aryl methyl sites for hydroxylation is 1. The number of amides is 1. The number of fused-ring (bicyclic) bond motifs is 1. The molecule has 1 atom stereocenters. The molecule has 29 heavy (non-hydrogen) atoms. The molecule has 3 aromatic rings. The topological polar surface area (TPSA) is 70.9 Å². The number of rotatable bonds is 7. The first-order chi connectivity index (χ1) is 14.1. The van der Waals surface area contributed by atoms with E-state index in [-0.39, 0.29) is 0 Å². The van der Waals surface area contributed by atoms with Crippen LogP contribution < -0.4 is 11.1 Å². The number of unbranched alkanes of at least 4 members (excludes halogenated alkanes) is 1. The largest absolute Gasteiger partial charge is 0.366 e. The number of H-pyrrole nitrogens is 1. The van der Waals surface area contributed by atoms with Crippen LogP contribution in [0.5, 0.6) is 0 Å². The lowest BCUT2D eigenvalue weighted by molar-refractivity contribution is 0.100. The molecule has 0 aliphatic carbocycles. The number of benzene rings is 2. The normalized spacial score (nSPS) is 16.7. The summed E-state index contributed by atoms with van der Waals surface area (Å²) in [6.07, 6.45) is 9.54. The Balaban J connectivity index is 1.35. The maximum Gasteiger partial charge on any atom is 0.249 e. The Morgan fingerprint density at radius 3 is 2.76 bits per heavy atom. The zero-order chi connectivity index (χ0) is 20.2. The van der Waals surface area contributed by atoms with Crippen LogP contribution in [0.4, 0.5) is 0 Å². The molecule has 4 N–H and O–H groups in total. The van der Waals surface area contributed by atoms with Crippen LogP contribution in [0.25, 0.3) is 16.5 Å². The number of hydrogen-bond acceptors (Lipinski definition) is 2. The van der Waals surface area contributed by atoms with Crippen LogP contribution in [0.2, 0.25) is 5.02 Å². The Morgan fingerprint density at radius 1 is 1.14 bits per heavy atom. The van der Waals surface area contributed by atoms with Gasteiger partial charge in [0.2, 0.25) is 5.91 Å². The van der Waals surface area contributed by atoms with E-state index in [4.69, 9.17) is 17.3 Å². The van der Waals surface area contributed by atoms with Crippen molar-refractivity contribution in [3.05, 3.63) is 76.5 Å². The van der Waals surface area contributed by atoms with E-state index in [0.29, 0.717) is 16.6 Å². The van der Waals surface area contributed by atoms with Crippen molar-refractivity contribution in [2.45, 2.75) is 38.1 Å². The second kappa shape index (κ2) is 8.85. The zero-order valence-electron chi connectivity index (χ0n) is 16.4. The highest BCUT2D eigenvalue weighted by molar-refractivity contribution is 6.35. The number of primary amides is 1. The number of aromatic amines is 1. The minimum absolute atomic E-state index is 0.417. The molecule has 5 heteroatoms. The molecule has 0 saturated carbocycles. The molecule has 1 amide bonds. The summed E-state index contributed by atoms with van der Waals surface area (Å²) in [5, 5.41) is 5.10. The van der Waals surface area contributed by atoms with Crippen molar-refractivity contribution in [3.8, 4) is 0 Å². The number of nitrogens with two attached hydrogens (primary N) is 1. The van der Waals surface area contributed by atoms with Gasteiger partial charge in [0.25, 0.3) is 0 Å². The van der Waals surface area contributed by atoms with Crippen LogP contribution in [0.3, 0.4) is 0 Å². The first kappa shape index (κ1) is 19.7. The molecule has 1 aliphatic heterocycles. The van der Waals surface area contributed by atoms with Crippen molar-refractivity contribution in [1.29, 1.82) is 0 Å². The predicted molar refractivity (Wildman–Crippen MR) is 120 cm³/mol. The van der Waals surface area contributed by atoms with Crippen LogP contribution in [0, 0.1) is 0 Å². The third-order valence-electron chi connectivity index (χ3n) is 5.75. The zero-order valence-corrected chi connectivity index (χ0v) is 17.1. The van der Waals surface area contributed by atoms with Gasteiger partial charge in [-0.05, 0) is 54.5 Å². The van der Waals surface area contributed by atoms with Crippen molar-refractivity contribution in [2.24, 2.45) is 5.73 Å². The fraction of sp³-hybridized carbons (Fsp3) is 0.292. The van der Waals surface area contributed by atoms with Crippen LogP contribution >= 0.6 is 11.6 Å². The van der Waals surface area contributed by atoms with Gasteiger partial charge in [-0.15, -0.1) is 0 Å². The number of hydrogen-bond donors (Lipinski definition) is 3. The van der Waals surface area contributed by atoms with Crippen LogP contribution in [0.15, 0.2) is 54.7 Å². The van der Waals surface area contributed by atoms with Crippen molar-refractivity contribution in [3.63, 3.8) is 0 Å². The molecule has 4 rings (SSSR count). The van der Waals surface area contributed by atoms with Gasteiger partial charge >= 0.3 is 0 Å². The fourth-order valence-electron chi connectivity index (χ4n) is 4.25. The Labute approximate surface area is 176 Å². The van der Waals surface area contributed by atoms with Crippen molar-refractivity contribution < 1.29 is 4.79 Å². The monoisotopic (exact) mass is 407 g/mol. The van der Waals surface area contributed by atoms with Gasteiger partial charge in [0, 0.05) is 29.7 Å². The molecule has 1 unspecified atom stereocenters. The van der Waals surface area contributed by atoms with Gasteiger partial charge < -0.3 is 16.0 Å². The lowest BCUT2D eigenvalue weighted by Crippen LogP contribution is -2.32. The molecule has 0 bridgehead atoms. The number of carbonyl (C=O) groups excluding carboxylic acids is 1. The summed E-state index contributed by atoms with van der Waals surface area (Å²) in [7, 11) is 0. The second-order valence-corrected chi connectivity index (χ2v) is 8.08. The standard InChI is InChI=1S/C24H26ClN3O/c25-21-11-10-20(24(26)29)22-18(15-28-23(21)22)8-4-5-9-19-14-17(12-13-27-19)16-6-2-1-3-7-16/h1-3,6-7,10-12,15,19,27-28H,4-5,8-9,13-14H2,(H2,26,29). The predicted octanol–water partition coefficient (Wildman–Crippen LogP) is 5.08. The molecule has 1 aliphatic rings. The van der Waals surface area contributed by atoms with E-state index in [1.807, 2.05) is 6.20 Å².